The number of rotatable bonds is 5. The molecule has 9 heteroatoms. The van der Waals surface area contributed by atoms with Crippen LogP contribution in [0.3, 0.4) is 0 Å². The van der Waals surface area contributed by atoms with Crippen LogP contribution in [0.4, 0.5) is 5.69 Å². The van der Waals surface area contributed by atoms with Crippen molar-refractivity contribution in [2.24, 2.45) is 0 Å². The molecule has 1 aliphatic rings. The summed E-state index contributed by atoms with van der Waals surface area (Å²) < 4.78 is 5.75. The van der Waals surface area contributed by atoms with Crippen LogP contribution in [-0.4, -0.2) is 28.0 Å². The number of aromatic carboxylic acids is 1. The van der Waals surface area contributed by atoms with Gasteiger partial charge in [0, 0.05) is 10.3 Å². The first kappa shape index (κ1) is 20.5. The van der Waals surface area contributed by atoms with Crippen molar-refractivity contribution in [3.8, 4) is 11.5 Å². The number of carbonyl (C=O) groups is 3. The highest BCUT2D eigenvalue weighted by Crippen LogP contribution is 2.27. The number of thiophene rings is 1. The molecule has 0 aliphatic carbocycles. The lowest BCUT2D eigenvalue weighted by atomic mass is 10.1. The minimum Gasteiger partial charge on any atom is -0.478 e. The molecule has 0 bridgehead atoms. The Morgan fingerprint density at radius 2 is 1.74 bits per heavy atom. The number of carbonyl (C=O) groups excluding carboxylic acids is 2. The summed E-state index contributed by atoms with van der Waals surface area (Å²) in [6, 6.07) is 17.3. The van der Waals surface area contributed by atoms with E-state index < -0.39 is 17.8 Å². The third kappa shape index (κ3) is 4.37. The van der Waals surface area contributed by atoms with Crippen LogP contribution in [0.25, 0.3) is 6.08 Å². The van der Waals surface area contributed by atoms with E-state index in [0.29, 0.717) is 22.1 Å². The minimum absolute atomic E-state index is 0.0405. The predicted molar refractivity (Wildman–Crippen MR) is 120 cm³/mol. The molecule has 3 aromatic rings. The number of carboxylic acid groups (broad SMARTS) is 1. The van der Waals surface area contributed by atoms with E-state index in [9.17, 15) is 14.4 Å². The van der Waals surface area contributed by atoms with Gasteiger partial charge >= 0.3 is 5.97 Å². The molecule has 0 atom stereocenters. The summed E-state index contributed by atoms with van der Waals surface area (Å²) in [5, 5.41) is 12.9. The van der Waals surface area contributed by atoms with Gasteiger partial charge in [0.1, 0.15) is 17.1 Å². The molecule has 0 unspecified atom stereocenters. The fraction of sp³-hybridized carbons (Fsp3) is 0. The maximum Gasteiger partial charge on any atom is 0.336 e. The Morgan fingerprint density at radius 1 is 1.06 bits per heavy atom. The fourth-order valence-corrected chi connectivity index (χ4v) is 3.96. The molecule has 1 fully saturated rings. The van der Waals surface area contributed by atoms with E-state index in [-0.39, 0.29) is 16.2 Å². The van der Waals surface area contributed by atoms with E-state index in [2.05, 4.69) is 5.32 Å². The average molecular weight is 450 g/mol. The Hall–Kier alpha value is -3.82. The normalized spacial score (nSPS) is 15.2. The molecular weight excluding hydrogens is 436 g/mol. The van der Waals surface area contributed by atoms with Crippen LogP contribution in [0.1, 0.15) is 15.2 Å². The maximum atomic E-state index is 13.0. The number of hydrogen-bond acceptors (Lipinski definition) is 6. The molecule has 0 radical (unpaired) electrons. The first-order valence-corrected chi connectivity index (χ1v) is 10.3. The van der Waals surface area contributed by atoms with Crippen LogP contribution in [0.5, 0.6) is 11.5 Å². The van der Waals surface area contributed by atoms with Gasteiger partial charge in [0.05, 0.1) is 11.3 Å². The zero-order valence-corrected chi connectivity index (χ0v) is 17.4. The maximum absolute atomic E-state index is 13.0. The highest BCUT2D eigenvalue weighted by Gasteiger charge is 2.34. The van der Waals surface area contributed by atoms with E-state index in [1.807, 2.05) is 30.3 Å². The van der Waals surface area contributed by atoms with Gasteiger partial charge in [-0.1, -0.05) is 18.2 Å². The molecule has 1 aliphatic heterocycles. The lowest BCUT2D eigenvalue weighted by Crippen LogP contribution is -2.54. The van der Waals surface area contributed by atoms with Gasteiger partial charge in [-0.05, 0) is 60.8 Å². The summed E-state index contributed by atoms with van der Waals surface area (Å²) in [5.74, 6) is -1.07. The van der Waals surface area contributed by atoms with E-state index in [0.717, 1.165) is 11.3 Å². The van der Waals surface area contributed by atoms with Gasteiger partial charge in [0.2, 0.25) is 0 Å². The van der Waals surface area contributed by atoms with Crippen molar-refractivity contribution in [1.82, 2.24) is 5.32 Å². The molecule has 4 rings (SSSR count). The van der Waals surface area contributed by atoms with Crippen LogP contribution >= 0.6 is 23.6 Å². The molecule has 154 valence electrons. The van der Waals surface area contributed by atoms with E-state index in [1.54, 1.807) is 24.3 Å². The molecule has 2 aromatic carbocycles. The number of hydrogen-bond donors (Lipinski definition) is 2. The number of nitrogens with one attached hydrogen (secondary N) is 1. The van der Waals surface area contributed by atoms with Gasteiger partial charge in [-0.25, -0.2) is 4.79 Å². The van der Waals surface area contributed by atoms with Crippen molar-refractivity contribution in [2.45, 2.75) is 0 Å². The number of carboxylic acids is 1. The summed E-state index contributed by atoms with van der Waals surface area (Å²) in [7, 11) is 0. The van der Waals surface area contributed by atoms with Gasteiger partial charge in [-0.2, -0.15) is 0 Å². The highest BCUT2D eigenvalue weighted by atomic mass is 32.1. The first-order chi connectivity index (χ1) is 14.9. The van der Waals surface area contributed by atoms with Gasteiger partial charge in [0.15, 0.2) is 5.11 Å². The van der Waals surface area contributed by atoms with Crippen molar-refractivity contribution < 1.29 is 24.2 Å². The molecule has 1 aromatic heterocycles. The van der Waals surface area contributed by atoms with Crippen molar-refractivity contribution in [2.75, 3.05) is 4.90 Å². The number of nitrogens with zero attached hydrogens (tertiary/aromatic N) is 1. The van der Waals surface area contributed by atoms with Gasteiger partial charge in [-0.3, -0.25) is 19.8 Å². The second-order valence-corrected chi connectivity index (χ2v) is 7.74. The Balaban J connectivity index is 1.59. The third-order valence-electron chi connectivity index (χ3n) is 4.33. The standard InChI is InChI=1S/C22H14N2O5S2/c25-19-18(11-17-10-13(12-31-17)21(27)28)20(26)24(22(30)23-19)14-6-8-16(9-7-14)29-15-4-2-1-3-5-15/h1-12H,(H,27,28)(H,23,25,30)/b18-11+. The number of para-hydroxylation sites is 1. The van der Waals surface area contributed by atoms with Gasteiger partial charge < -0.3 is 9.84 Å². The van der Waals surface area contributed by atoms with Crippen molar-refractivity contribution in [3.63, 3.8) is 0 Å². The van der Waals surface area contributed by atoms with Gasteiger partial charge in [0.25, 0.3) is 11.8 Å². The zero-order valence-electron chi connectivity index (χ0n) is 15.8. The molecule has 0 saturated carbocycles. The summed E-state index contributed by atoms with van der Waals surface area (Å²) in [5.41, 5.74) is 0.401. The highest BCUT2D eigenvalue weighted by molar-refractivity contribution is 7.80. The lowest BCUT2D eigenvalue weighted by Gasteiger charge is -2.28. The van der Waals surface area contributed by atoms with Gasteiger partial charge in [-0.15, -0.1) is 11.3 Å². The van der Waals surface area contributed by atoms with E-state index in [4.69, 9.17) is 22.1 Å². The third-order valence-corrected chi connectivity index (χ3v) is 5.49. The van der Waals surface area contributed by atoms with Crippen LogP contribution in [0, 0.1) is 0 Å². The number of ether oxygens (including phenoxy) is 1. The summed E-state index contributed by atoms with van der Waals surface area (Å²) in [6.45, 7) is 0. The van der Waals surface area contributed by atoms with Crippen LogP contribution in [0.2, 0.25) is 0 Å². The number of benzene rings is 2. The van der Waals surface area contributed by atoms with Crippen LogP contribution in [-0.2, 0) is 9.59 Å². The smallest absolute Gasteiger partial charge is 0.336 e. The van der Waals surface area contributed by atoms with Crippen molar-refractivity contribution >= 4 is 58.2 Å². The predicted octanol–water partition coefficient (Wildman–Crippen LogP) is 4.07. The van der Waals surface area contributed by atoms with Crippen LogP contribution < -0.4 is 15.0 Å². The van der Waals surface area contributed by atoms with Crippen LogP contribution in [0.15, 0.2) is 71.6 Å². The molecule has 0 spiro atoms. The summed E-state index contributed by atoms with van der Waals surface area (Å²) in [4.78, 5) is 38.1. The molecule has 2 N–H and O–H groups in total. The number of anilines is 1. The Labute approximate surface area is 186 Å². The number of amides is 2. The average Bonchev–Trinajstić information content (AvgIpc) is 3.22. The Morgan fingerprint density at radius 3 is 2.39 bits per heavy atom. The SMILES string of the molecule is O=C1NC(=S)N(c2ccc(Oc3ccccc3)cc2)C(=O)/C1=C/c1cc(C(=O)O)cs1. The molecule has 7 nitrogen and oxygen atoms in total. The molecular formula is C22H14N2O5S2. The molecule has 31 heavy (non-hydrogen) atoms. The van der Waals surface area contributed by atoms with Crippen molar-refractivity contribution in [3.05, 3.63) is 82.1 Å². The fourth-order valence-electron chi connectivity index (χ4n) is 2.86. The molecule has 2 heterocycles. The molecule has 2 amide bonds. The Bertz CT molecular complexity index is 1220. The quantitative estimate of drug-likeness (QED) is 0.346. The second kappa shape index (κ2) is 8.50. The monoisotopic (exact) mass is 450 g/mol. The summed E-state index contributed by atoms with van der Waals surface area (Å²) >= 11 is 6.32. The Kier molecular flexibility index (Phi) is 5.61. The first-order valence-electron chi connectivity index (χ1n) is 8.98. The molecule has 1 saturated heterocycles. The van der Waals surface area contributed by atoms with E-state index in [1.165, 1.54) is 22.4 Å². The number of thiocarbonyl (C=S) groups is 1. The summed E-state index contributed by atoms with van der Waals surface area (Å²) in [6.07, 6.45) is 1.36. The second-order valence-electron chi connectivity index (χ2n) is 6.41. The minimum atomic E-state index is -1.08. The van der Waals surface area contributed by atoms with Crippen molar-refractivity contribution in [1.29, 1.82) is 0 Å². The van der Waals surface area contributed by atoms with E-state index >= 15 is 0 Å². The zero-order chi connectivity index (χ0) is 22.0. The topological polar surface area (TPSA) is 95.9 Å². The lowest BCUT2D eigenvalue weighted by molar-refractivity contribution is -0.122. The largest absolute Gasteiger partial charge is 0.478 e.